The fourth-order valence-electron chi connectivity index (χ4n) is 2.30. The summed E-state index contributed by atoms with van der Waals surface area (Å²) in [4.78, 5) is 0. The van der Waals surface area contributed by atoms with Crippen LogP contribution >= 0.6 is 0 Å². The molecule has 1 aromatic rings. The first-order valence-electron chi connectivity index (χ1n) is 6.13. The molecule has 0 aliphatic carbocycles. The number of rotatable bonds is 4. The van der Waals surface area contributed by atoms with E-state index in [0.717, 1.165) is 36.8 Å². The first kappa shape index (κ1) is 10.9. The molecule has 0 amide bonds. The number of hydrogen-bond acceptors (Lipinski definition) is 4. The molecule has 1 fully saturated rings. The molecule has 1 atom stereocenters. The molecule has 4 heteroatoms. The largest absolute Gasteiger partial charge is 0.454 e. The first-order valence-corrected chi connectivity index (χ1v) is 6.13. The molecule has 2 heterocycles. The fraction of sp³-hybridized carbons (Fsp3) is 0.538. The molecule has 1 unspecified atom stereocenters. The quantitative estimate of drug-likeness (QED) is 0.862. The summed E-state index contributed by atoms with van der Waals surface area (Å²) < 4.78 is 16.4. The highest BCUT2D eigenvalue weighted by Gasteiger charge is 2.18. The Balaban J connectivity index is 1.56. The number of nitrogens with one attached hydrogen (secondary N) is 1. The summed E-state index contributed by atoms with van der Waals surface area (Å²) in [6.45, 7) is 2.94. The van der Waals surface area contributed by atoms with Crippen LogP contribution in [0.2, 0.25) is 0 Å². The van der Waals surface area contributed by atoms with Gasteiger partial charge in [0, 0.05) is 25.3 Å². The summed E-state index contributed by atoms with van der Waals surface area (Å²) in [5, 5.41) is 3.41. The van der Waals surface area contributed by atoms with Crippen molar-refractivity contribution in [2.45, 2.75) is 25.5 Å². The van der Waals surface area contributed by atoms with Gasteiger partial charge >= 0.3 is 0 Å². The summed E-state index contributed by atoms with van der Waals surface area (Å²) in [6, 6.07) is 6.00. The minimum absolute atomic E-state index is 0.331. The molecule has 0 radical (unpaired) electrons. The van der Waals surface area contributed by atoms with Crippen molar-refractivity contribution in [1.82, 2.24) is 5.32 Å². The fourth-order valence-corrected chi connectivity index (χ4v) is 2.30. The highest BCUT2D eigenvalue weighted by atomic mass is 16.7. The van der Waals surface area contributed by atoms with Crippen LogP contribution in [0, 0.1) is 0 Å². The maximum atomic E-state index is 5.57. The number of hydrogen-bond donors (Lipinski definition) is 1. The van der Waals surface area contributed by atoms with Crippen molar-refractivity contribution in [2.24, 2.45) is 0 Å². The smallest absolute Gasteiger partial charge is 0.231 e. The average molecular weight is 235 g/mol. The van der Waals surface area contributed by atoms with Gasteiger partial charge in [-0.25, -0.2) is 0 Å². The van der Waals surface area contributed by atoms with Crippen LogP contribution in [-0.2, 0) is 11.3 Å². The van der Waals surface area contributed by atoms with E-state index in [4.69, 9.17) is 14.2 Å². The molecule has 92 valence electrons. The number of benzene rings is 1. The van der Waals surface area contributed by atoms with Gasteiger partial charge in [0.1, 0.15) is 0 Å². The number of fused-ring (bicyclic) bond motifs is 1. The summed E-state index contributed by atoms with van der Waals surface area (Å²) in [6.07, 6.45) is 2.73. The van der Waals surface area contributed by atoms with E-state index >= 15 is 0 Å². The van der Waals surface area contributed by atoms with Crippen molar-refractivity contribution < 1.29 is 14.2 Å². The maximum Gasteiger partial charge on any atom is 0.231 e. The van der Waals surface area contributed by atoms with Gasteiger partial charge in [0.25, 0.3) is 0 Å². The lowest BCUT2D eigenvalue weighted by atomic mass is 10.2. The van der Waals surface area contributed by atoms with Crippen LogP contribution in [-0.4, -0.2) is 26.0 Å². The molecule has 4 nitrogen and oxygen atoms in total. The second-order valence-corrected chi connectivity index (χ2v) is 4.42. The van der Waals surface area contributed by atoms with Crippen LogP contribution in [0.1, 0.15) is 18.4 Å². The van der Waals surface area contributed by atoms with E-state index in [1.165, 1.54) is 12.8 Å². The molecular formula is C13H17NO3. The Bertz CT molecular complexity index is 388. The molecule has 1 N–H and O–H groups in total. The summed E-state index contributed by atoms with van der Waals surface area (Å²) in [5.74, 6) is 1.73. The van der Waals surface area contributed by atoms with Crippen molar-refractivity contribution in [2.75, 3.05) is 19.9 Å². The first-order chi connectivity index (χ1) is 8.43. The predicted octanol–water partition coefficient (Wildman–Crippen LogP) is 1.68. The van der Waals surface area contributed by atoms with Gasteiger partial charge in [-0.15, -0.1) is 0 Å². The van der Waals surface area contributed by atoms with E-state index in [1.54, 1.807) is 0 Å². The van der Waals surface area contributed by atoms with E-state index < -0.39 is 0 Å². The highest BCUT2D eigenvalue weighted by Crippen LogP contribution is 2.35. The lowest BCUT2D eigenvalue weighted by Crippen LogP contribution is -2.25. The van der Waals surface area contributed by atoms with Gasteiger partial charge in [0.05, 0.1) is 6.10 Å². The van der Waals surface area contributed by atoms with Gasteiger partial charge in [0.2, 0.25) is 6.79 Å². The Morgan fingerprint density at radius 1 is 1.29 bits per heavy atom. The van der Waals surface area contributed by atoms with Gasteiger partial charge in [-0.2, -0.15) is 0 Å². The topological polar surface area (TPSA) is 39.7 Å². The second-order valence-electron chi connectivity index (χ2n) is 4.42. The van der Waals surface area contributed by atoms with Crippen molar-refractivity contribution in [3.8, 4) is 11.5 Å². The third-order valence-electron chi connectivity index (χ3n) is 3.19. The van der Waals surface area contributed by atoms with E-state index in [-0.39, 0.29) is 0 Å². The zero-order chi connectivity index (χ0) is 11.5. The third kappa shape index (κ3) is 2.37. The van der Waals surface area contributed by atoms with E-state index in [9.17, 15) is 0 Å². The van der Waals surface area contributed by atoms with Crippen LogP contribution in [0.15, 0.2) is 18.2 Å². The van der Waals surface area contributed by atoms with E-state index in [0.29, 0.717) is 12.9 Å². The van der Waals surface area contributed by atoms with Crippen LogP contribution in [0.4, 0.5) is 0 Å². The third-order valence-corrected chi connectivity index (χ3v) is 3.19. The minimum atomic E-state index is 0.331. The SMILES string of the molecule is c1cc(CNCC2CCCO2)c2c(c1)OCO2. The zero-order valence-corrected chi connectivity index (χ0v) is 9.78. The minimum Gasteiger partial charge on any atom is -0.454 e. The molecule has 0 aromatic heterocycles. The molecule has 2 aliphatic heterocycles. The molecule has 0 saturated carbocycles. The molecule has 0 bridgehead atoms. The van der Waals surface area contributed by atoms with Gasteiger partial charge in [0.15, 0.2) is 11.5 Å². The normalized spacial score (nSPS) is 22.0. The Morgan fingerprint density at radius 3 is 3.18 bits per heavy atom. The van der Waals surface area contributed by atoms with Gasteiger partial charge < -0.3 is 19.5 Å². The molecule has 17 heavy (non-hydrogen) atoms. The van der Waals surface area contributed by atoms with Gasteiger partial charge in [-0.3, -0.25) is 0 Å². The Morgan fingerprint density at radius 2 is 2.29 bits per heavy atom. The molecule has 0 spiro atoms. The highest BCUT2D eigenvalue weighted by molar-refractivity contribution is 5.48. The van der Waals surface area contributed by atoms with Crippen LogP contribution in [0.3, 0.4) is 0 Å². The zero-order valence-electron chi connectivity index (χ0n) is 9.78. The van der Waals surface area contributed by atoms with Gasteiger partial charge in [-0.1, -0.05) is 12.1 Å². The number of ether oxygens (including phenoxy) is 3. The van der Waals surface area contributed by atoms with Gasteiger partial charge in [-0.05, 0) is 18.9 Å². The maximum absolute atomic E-state index is 5.57. The number of para-hydroxylation sites is 1. The molecule has 2 aliphatic rings. The van der Waals surface area contributed by atoms with E-state index in [1.807, 2.05) is 12.1 Å². The van der Waals surface area contributed by atoms with Crippen molar-refractivity contribution >= 4 is 0 Å². The van der Waals surface area contributed by atoms with Crippen molar-refractivity contribution in [3.05, 3.63) is 23.8 Å². The van der Waals surface area contributed by atoms with Crippen LogP contribution in [0.25, 0.3) is 0 Å². The summed E-state index contributed by atoms with van der Waals surface area (Å²) in [7, 11) is 0. The Hall–Kier alpha value is -1.26. The lowest BCUT2D eigenvalue weighted by Gasteiger charge is -2.11. The average Bonchev–Trinajstić information content (AvgIpc) is 2.99. The predicted molar refractivity (Wildman–Crippen MR) is 63.2 cm³/mol. The van der Waals surface area contributed by atoms with Crippen molar-refractivity contribution in [3.63, 3.8) is 0 Å². The van der Waals surface area contributed by atoms with E-state index in [2.05, 4.69) is 11.4 Å². The molecular weight excluding hydrogens is 218 g/mol. The summed E-state index contributed by atoms with van der Waals surface area (Å²) >= 11 is 0. The second kappa shape index (κ2) is 4.94. The standard InChI is InChI=1S/C13H17NO3/c1-3-10(13-12(5-1)16-9-17-13)7-14-8-11-4-2-6-15-11/h1,3,5,11,14H,2,4,6-9H2. The van der Waals surface area contributed by atoms with Crippen LogP contribution in [0.5, 0.6) is 11.5 Å². The lowest BCUT2D eigenvalue weighted by molar-refractivity contribution is 0.110. The molecule has 1 aromatic carbocycles. The Labute approximate surface area is 101 Å². The Kier molecular flexibility index (Phi) is 3.16. The van der Waals surface area contributed by atoms with Crippen LogP contribution < -0.4 is 14.8 Å². The molecule has 3 rings (SSSR count). The monoisotopic (exact) mass is 235 g/mol. The molecule has 1 saturated heterocycles. The van der Waals surface area contributed by atoms with Crippen molar-refractivity contribution in [1.29, 1.82) is 0 Å². The summed E-state index contributed by atoms with van der Waals surface area (Å²) in [5.41, 5.74) is 1.15.